The molecule has 1 atom stereocenters. The van der Waals surface area contributed by atoms with Gasteiger partial charge in [-0.1, -0.05) is 13.3 Å². The number of nitrogens with two attached hydrogens (primary N) is 1. The number of rotatable bonds is 8. The van der Waals surface area contributed by atoms with Crippen molar-refractivity contribution in [3.8, 4) is 0 Å². The quantitative estimate of drug-likeness (QED) is 0.742. The lowest BCUT2D eigenvalue weighted by Gasteiger charge is -2.16. The lowest BCUT2D eigenvalue weighted by molar-refractivity contribution is -0.121. The highest BCUT2D eigenvalue weighted by molar-refractivity contribution is 7.91. The summed E-state index contributed by atoms with van der Waals surface area (Å²) in [5, 5.41) is 7.90. The van der Waals surface area contributed by atoms with Gasteiger partial charge in [0.1, 0.15) is 4.21 Å². The van der Waals surface area contributed by atoms with E-state index in [9.17, 15) is 13.2 Å². The van der Waals surface area contributed by atoms with Crippen molar-refractivity contribution in [1.82, 2.24) is 5.32 Å². The van der Waals surface area contributed by atoms with Crippen molar-refractivity contribution in [2.45, 2.75) is 36.4 Å². The van der Waals surface area contributed by atoms with Crippen LogP contribution in [0.4, 0.5) is 0 Å². The largest absolute Gasteiger partial charge is 0.383 e. The SMILES string of the molecule is CCCC(COC)NC(=O)Cc1ccc(S(N)(=O)=O)s1. The van der Waals surface area contributed by atoms with Crippen LogP contribution in [0.15, 0.2) is 16.3 Å². The topological polar surface area (TPSA) is 98.5 Å². The van der Waals surface area contributed by atoms with Gasteiger partial charge in [0, 0.05) is 12.0 Å². The normalized spacial score (nSPS) is 13.2. The Bertz CT molecular complexity index is 533. The first-order chi connectivity index (χ1) is 9.36. The molecule has 114 valence electrons. The molecule has 0 radical (unpaired) electrons. The molecule has 0 aliphatic rings. The van der Waals surface area contributed by atoms with Crippen molar-refractivity contribution in [1.29, 1.82) is 0 Å². The summed E-state index contributed by atoms with van der Waals surface area (Å²) in [6, 6.07) is 3.01. The van der Waals surface area contributed by atoms with E-state index in [2.05, 4.69) is 5.32 Å². The Balaban J connectivity index is 2.59. The summed E-state index contributed by atoms with van der Waals surface area (Å²) in [6.45, 7) is 2.50. The Morgan fingerprint density at radius 3 is 2.70 bits per heavy atom. The number of sulfonamides is 1. The van der Waals surface area contributed by atoms with Crippen molar-refractivity contribution >= 4 is 27.3 Å². The minimum Gasteiger partial charge on any atom is -0.383 e. The summed E-state index contributed by atoms with van der Waals surface area (Å²) in [7, 11) is -2.10. The van der Waals surface area contributed by atoms with Crippen molar-refractivity contribution in [2.75, 3.05) is 13.7 Å². The fourth-order valence-corrected chi connectivity index (χ4v) is 3.57. The number of hydrogen-bond donors (Lipinski definition) is 2. The molecule has 0 spiro atoms. The van der Waals surface area contributed by atoms with Gasteiger partial charge in [-0.05, 0) is 18.6 Å². The molecule has 8 heteroatoms. The van der Waals surface area contributed by atoms with Crippen LogP contribution in [0.25, 0.3) is 0 Å². The molecule has 0 saturated heterocycles. The molecular formula is C12H20N2O4S2. The van der Waals surface area contributed by atoms with Crippen LogP contribution in [0.3, 0.4) is 0 Å². The minimum atomic E-state index is -3.69. The number of thiophene rings is 1. The number of amides is 1. The second-order valence-corrected chi connectivity index (χ2v) is 7.41. The second-order valence-electron chi connectivity index (χ2n) is 4.45. The van der Waals surface area contributed by atoms with Crippen LogP contribution < -0.4 is 10.5 Å². The van der Waals surface area contributed by atoms with Gasteiger partial charge in [0.25, 0.3) is 0 Å². The number of ether oxygens (including phenoxy) is 1. The molecule has 1 unspecified atom stereocenters. The molecule has 6 nitrogen and oxygen atoms in total. The highest BCUT2D eigenvalue weighted by Gasteiger charge is 2.15. The molecule has 0 aliphatic heterocycles. The first kappa shape index (κ1) is 17.1. The average Bonchev–Trinajstić information content (AvgIpc) is 2.77. The van der Waals surface area contributed by atoms with E-state index >= 15 is 0 Å². The van der Waals surface area contributed by atoms with Crippen molar-refractivity contribution in [2.24, 2.45) is 5.14 Å². The molecule has 1 aromatic rings. The third kappa shape index (κ3) is 5.58. The molecule has 0 saturated carbocycles. The van der Waals surface area contributed by atoms with Crippen LogP contribution in [0, 0.1) is 0 Å². The van der Waals surface area contributed by atoms with E-state index in [4.69, 9.17) is 9.88 Å². The van der Waals surface area contributed by atoms with Gasteiger partial charge in [-0.2, -0.15) is 0 Å². The van der Waals surface area contributed by atoms with Crippen molar-refractivity contribution in [3.05, 3.63) is 17.0 Å². The second kappa shape index (κ2) is 7.72. The minimum absolute atomic E-state index is 0.0184. The number of primary sulfonamides is 1. The van der Waals surface area contributed by atoms with Crippen molar-refractivity contribution < 1.29 is 17.9 Å². The summed E-state index contributed by atoms with van der Waals surface area (Å²) in [6.07, 6.45) is 1.93. The Kier molecular flexibility index (Phi) is 6.60. The van der Waals surface area contributed by atoms with Gasteiger partial charge in [0.15, 0.2) is 0 Å². The van der Waals surface area contributed by atoms with Crippen LogP contribution in [-0.4, -0.2) is 34.1 Å². The average molecular weight is 320 g/mol. The predicted molar refractivity (Wildman–Crippen MR) is 78.1 cm³/mol. The lowest BCUT2D eigenvalue weighted by Crippen LogP contribution is -2.38. The number of carbonyl (C=O) groups is 1. The molecular weight excluding hydrogens is 300 g/mol. The summed E-state index contributed by atoms with van der Waals surface area (Å²) in [4.78, 5) is 12.6. The Morgan fingerprint density at radius 1 is 1.50 bits per heavy atom. The summed E-state index contributed by atoms with van der Waals surface area (Å²) >= 11 is 1.02. The predicted octanol–water partition coefficient (Wildman–Crippen LogP) is 0.869. The van der Waals surface area contributed by atoms with E-state index in [0.29, 0.717) is 11.5 Å². The van der Waals surface area contributed by atoms with Gasteiger partial charge in [-0.15, -0.1) is 11.3 Å². The summed E-state index contributed by atoms with van der Waals surface area (Å²) < 4.78 is 27.4. The highest BCUT2D eigenvalue weighted by Crippen LogP contribution is 2.20. The zero-order chi connectivity index (χ0) is 15.2. The van der Waals surface area contributed by atoms with Gasteiger partial charge in [0.2, 0.25) is 15.9 Å². The highest BCUT2D eigenvalue weighted by atomic mass is 32.2. The maximum Gasteiger partial charge on any atom is 0.247 e. The molecule has 0 aromatic carbocycles. The molecule has 3 N–H and O–H groups in total. The van der Waals surface area contributed by atoms with Gasteiger partial charge in [0.05, 0.1) is 19.1 Å². The summed E-state index contributed by atoms with van der Waals surface area (Å²) in [5.74, 6) is -0.150. The van der Waals surface area contributed by atoms with E-state index in [-0.39, 0.29) is 22.6 Å². The fourth-order valence-electron chi connectivity index (χ4n) is 1.79. The van der Waals surface area contributed by atoms with Gasteiger partial charge >= 0.3 is 0 Å². The molecule has 0 fully saturated rings. The number of carbonyl (C=O) groups excluding carboxylic acids is 1. The molecule has 1 heterocycles. The van der Waals surface area contributed by atoms with E-state index in [1.54, 1.807) is 13.2 Å². The molecule has 20 heavy (non-hydrogen) atoms. The maximum absolute atomic E-state index is 11.9. The zero-order valence-corrected chi connectivity index (χ0v) is 13.2. The maximum atomic E-state index is 11.9. The number of nitrogens with one attached hydrogen (secondary N) is 1. The summed E-state index contributed by atoms with van der Waals surface area (Å²) in [5.41, 5.74) is 0. The van der Waals surface area contributed by atoms with Gasteiger partial charge in [-0.3, -0.25) is 4.79 Å². The molecule has 1 amide bonds. The first-order valence-corrected chi connectivity index (χ1v) is 8.63. The standard InChI is InChI=1S/C12H20N2O4S2/c1-3-4-9(8-18-2)14-11(15)7-10-5-6-12(19-10)20(13,16)17/h5-6,9H,3-4,7-8H2,1-2H3,(H,14,15)(H2,13,16,17). The first-order valence-electron chi connectivity index (χ1n) is 6.26. The molecule has 0 aliphatic carbocycles. The van der Waals surface area contributed by atoms with Crippen LogP contribution >= 0.6 is 11.3 Å². The molecule has 0 bridgehead atoms. The Hall–Kier alpha value is -0.960. The zero-order valence-electron chi connectivity index (χ0n) is 11.6. The van der Waals surface area contributed by atoms with E-state index in [0.717, 1.165) is 24.2 Å². The monoisotopic (exact) mass is 320 g/mol. The Labute approximate surface area is 123 Å². The van der Waals surface area contributed by atoms with E-state index in [1.807, 2.05) is 6.92 Å². The third-order valence-electron chi connectivity index (χ3n) is 2.62. The number of hydrogen-bond acceptors (Lipinski definition) is 5. The smallest absolute Gasteiger partial charge is 0.247 e. The molecule has 1 rings (SSSR count). The van der Waals surface area contributed by atoms with Crippen LogP contribution in [0.1, 0.15) is 24.6 Å². The lowest BCUT2D eigenvalue weighted by atomic mass is 10.1. The van der Waals surface area contributed by atoms with E-state index in [1.165, 1.54) is 6.07 Å². The van der Waals surface area contributed by atoms with Crippen LogP contribution in [0.2, 0.25) is 0 Å². The van der Waals surface area contributed by atoms with E-state index < -0.39 is 10.0 Å². The fraction of sp³-hybridized carbons (Fsp3) is 0.583. The van der Waals surface area contributed by atoms with Crippen LogP contribution in [-0.2, 0) is 26.0 Å². The third-order valence-corrected chi connectivity index (χ3v) is 5.15. The molecule has 1 aromatic heterocycles. The number of methoxy groups -OCH3 is 1. The van der Waals surface area contributed by atoms with Crippen LogP contribution in [0.5, 0.6) is 0 Å². The van der Waals surface area contributed by atoms with Gasteiger partial charge < -0.3 is 10.1 Å². The van der Waals surface area contributed by atoms with Gasteiger partial charge in [-0.25, -0.2) is 13.6 Å². The Morgan fingerprint density at radius 2 is 2.20 bits per heavy atom. The van der Waals surface area contributed by atoms with Crippen molar-refractivity contribution in [3.63, 3.8) is 0 Å².